The Kier molecular flexibility index (Phi) is 19.6. The number of halogens is 2. The van der Waals surface area contributed by atoms with Crippen LogP contribution in [0.5, 0.6) is 0 Å². The predicted molar refractivity (Wildman–Crippen MR) is 488 cm³/mol. The number of nitro benzene ring substituents is 1. The molecule has 8 N–H and O–H groups in total. The molecule has 22 nitrogen and oxygen atoms in total. The predicted octanol–water partition coefficient (Wildman–Crippen LogP) is 18.3. The molecule has 24 rings (SSSR count). The molecule has 0 aliphatic heterocycles. The van der Waals surface area contributed by atoms with Gasteiger partial charge in [-0.25, -0.2) is 4.98 Å². The van der Waals surface area contributed by atoms with Gasteiger partial charge in [0.15, 0.2) is 23.1 Å². The van der Waals surface area contributed by atoms with Crippen LogP contribution in [0.2, 0.25) is 5.15 Å². The summed E-state index contributed by atoms with van der Waals surface area (Å²) >= 11 is 9.63. The summed E-state index contributed by atoms with van der Waals surface area (Å²) in [5.74, 6) is -0.319. The molecule has 600 valence electrons. The highest BCUT2D eigenvalue weighted by atomic mass is 79.9. The number of rotatable bonds is 4. The molecule has 12 aromatic carbocycles. The van der Waals surface area contributed by atoms with Crippen LogP contribution in [0.3, 0.4) is 0 Å². The maximum Gasteiger partial charge on any atom is 0.270 e. The third-order valence-electron chi connectivity index (χ3n) is 23.0. The van der Waals surface area contributed by atoms with Crippen LogP contribution in [0, 0.1) is 10.1 Å². The van der Waals surface area contributed by atoms with Crippen LogP contribution in [0.25, 0.3) is 132 Å². The summed E-state index contributed by atoms with van der Waals surface area (Å²) in [6, 6.07) is 80.5. The van der Waals surface area contributed by atoms with Crippen molar-refractivity contribution >= 4 is 138 Å². The van der Waals surface area contributed by atoms with Crippen molar-refractivity contribution in [2.24, 2.45) is 0 Å². The fourth-order valence-corrected chi connectivity index (χ4v) is 18.1. The molecule has 6 aromatic heterocycles. The molecule has 24 heteroatoms. The fourth-order valence-electron chi connectivity index (χ4n) is 17.5. The Morgan fingerprint density at radius 2 is 0.750 bits per heavy atom. The molecule has 0 radical (unpaired) electrons. The molecule has 0 saturated heterocycles. The molecule has 124 heavy (non-hydrogen) atoms. The van der Waals surface area contributed by atoms with Gasteiger partial charge in [-0.15, -0.1) is 0 Å². The maximum absolute atomic E-state index is 12.6. The number of likely N-dealkylation sites (N-methyl/N-ethyl adjacent to an activating group) is 1. The summed E-state index contributed by atoms with van der Waals surface area (Å²) in [5, 5.41) is 22.3. The first-order chi connectivity index (χ1) is 60.0. The molecule has 0 fully saturated rings. The van der Waals surface area contributed by atoms with Crippen molar-refractivity contribution in [2.75, 3.05) is 31.7 Å². The molecule has 0 saturated carbocycles. The minimum atomic E-state index is -0.542. The summed E-state index contributed by atoms with van der Waals surface area (Å²) in [6.07, 6.45) is 1.64. The van der Waals surface area contributed by atoms with E-state index < -0.39 is 4.92 Å². The van der Waals surface area contributed by atoms with Crippen LogP contribution in [-0.2, 0) is 17.6 Å². The number of H-pyrrole nitrogens is 5. The van der Waals surface area contributed by atoms with Gasteiger partial charge < -0.3 is 40.9 Å². The van der Waals surface area contributed by atoms with E-state index in [1.54, 1.807) is 84.9 Å². The van der Waals surface area contributed by atoms with Gasteiger partial charge in [0.1, 0.15) is 5.15 Å². The van der Waals surface area contributed by atoms with Gasteiger partial charge in [-0.3, -0.25) is 58.1 Å². The lowest BCUT2D eigenvalue weighted by Crippen LogP contribution is -2.27. The van der Waals surface area contributed by atoms with Gasteiger partial charge in [0.2, 0.25) is 5.91 Å². The van der Waals surface area contributed by atoms with Gasteiger partial charge >= 0.3 is 0 Å². The smallest absolute Gasteiger partial charge is 0.270 e. The molecule has 0 bridgehead atoms. The van der Waals surface area contributed by atoms with Crippen LogP contribution >= 0.6 is 27.5 Å². The number of pyridine rings is 6. The van der Waals surface area contributed by atoms with E-state index in [9.17, 15) is 58.1 Å². The first-order valence-electron chi connectivity index (χ1n) is 39.3. The number of ketones is 4. The number of aromatic nitrogens is 6. The first kappa shape index (κ1) is 78.1. The molecular weight excluding hydrogens is 1650 g/mol. The van der Waals surface area contributed by atoms with E-state index in [0.29, 0.717) is 128 Å². The number of carbonyl (C=O) groups excluding carboxylic acids is 5. The Bertz CT molecular complexity index is 8150. The summed E-state index contributed by atoms with van der Waals surface area (Å²) in [5.41, 5.74) is 25.3. The number of nitrogens with one attached hydrogen (secondary N) is 6. The molecule has 0 spiro atoms. The minimum Gasteiger partial charge on any atom is -0.399 e. The number of hydrogen-bond acceptors (Lipinski definition) is 15. The molecule has 0 atom stereocenters. The van der Waals surface area contributed by atoms with Crippen molar-refractivity contribution in [3.63, 3.8) is 0 Å². The second-order valence-corrected chi connectivity index (χ2v) is 31.9. The Labute approximate surface area is 714 Å². The zero-order valence-electron chi connectivity index (χ0n) is 65.6. The number of aromatic amines is 5. The third-order valence-corrected chi connectivity index (χ3v) is 23.8. The van der Waals surface area contributed by atoms with Crippen molar-refractivity contribution in [3.05, 3.63) is 405 Å². The maximum atomic E-state index is 12.6. The highest BCUT2D eigenvalue weighted by Gasteiger charge is 2.35. The number of carbonyl (C=O) groups is 5. The van der Waals surface area contributed by atoms with Crippen LogP contribution in [0.15, 0.2) is 295 Å². The van der Waals surface area contributed by atoms with Crippen molar-refractivity contribution in [1.82, 2.24) is 34.8 Å². The van der Waals surface area contributed by atoms with Gasteiger partial charge in [-0.2, -0.15) is 0 Å². The van der Waals surface area contributed by atoms with Gasteiger partial charge in [-0.1, -0.05) is 216 Å². The second kappa shape index (κ2) is 31.1. The largest absolute Gasteiger partial charge is 0.399 e. The van der Waals surface area contributed by atoms with E-state index in [4.69, 9.17) is 17.3 Å². The highest BCUT2D eigenvalue weighted by Crippen LogP contribution is 2.46. The van der Waals surface area contributed by atoms with E-state index in [1.165, 1.54) is 34.9 Å². The number of anilines is 2. The average Bonchev–Trinajstić information content (AvgIpc) is 1.60. The number of nitrogens with two attached hydrogens (primary N) is 1. The Morgan fingerprint density at radius 3 is 1.24 bits per heavy atom. The van der Waals surface area contributed by atoms with Crippen LogP contribution in [0.1, 0.15) is 85.9 Å². The molecule has 6 aliphatic rings. The van der Waals surface area contributed by atoms with Gasteiger partial charge in [0.25, 0.3) is 33.5 Å². The number of nitrogens with zero attached hydrogens (tertiary/aromatic N) is 3. The number of benzene rings is 12. The molecule has 6 aliphatic carbocycles. The van der Waals surface area contributed by atoms with Crippen LogP contribution in [0.4, 0.5) is 17.1 Å². The van der Waals surface area contributed by atoms with Gasteiger partial charge in [0, 0.05) is 145 Å². The monoisotopic (exact) mass is 1710 g/mol. The zero-order valence-corrected chi connectivity index (χ0v) is 67.9. The third kappa shape index (κ3) is 13.4. The number of fused-ring (bicyclic) bond motifs is 30. The lowest BCUT2D eigenvalue weighted by atomic mass is 10.0. The summed E-state index contributed by atoms with van der Waals surface area (Å²) < 4.78 is 0.849. The van der Waals surface area contributed by atoms with Crippen LogP contribution in [-0.4, -0.2) is 89.4 Å². The van der Waals surface area contributed by atoms with Gasteiger partial charge in [0.05, 0.1) is 67.9 Å². The minimum absolute atomic E-state index is 0.0157. The standard InChI is InChI=1S/C20H19N3O2.C16H8BrNO2.C16H8ClNO.C16H8N2O4.C16H12N2O.C16H9NO2/c1-23(2)11-18(24)21-13-7-8-15-16(10-13)17-9-12-5-3-4-6-14(12)19(17)22-20(15)25;17-8-5-6-11-12(7-8)13-14(18-16(11)20)9-3-1-2-4-10(9)15(13)19;17-16-12-8-4-1-5-9(12)13-14(18-16)10-6-2-3-7-11(10)15(13)19;19-15-10-4-2-1-3-9(10)14-13(15)12-7-8(18(21)22)5-6-11(12)16(20)17-14;17-10-5-6-12-13(8-10)14-7-9-3-1-2-4-11(9)15(14)18-16(12)19;18-15-11-7-3-2-6-10(11)14-13(15)9-5-1-4-8-12(9)16(19)17-14/h3-8,10H,9,11H2,1-2H3,(H,21,24)(H,22,25);1-7H,(H,18,20);1-8H;1-7H,(H,17,20);1-6,8H,7,17H2,(H,18,19);1-8H,(H,17,19). The van der Waals surface area contributed by atoms with Crippen LogP contribution < -0.4 is 38.8 Å². The average molecular weight is 1710 g/mol. The van der Waals surface area contributed by atoms with Gasteiger partial charge in [-0.05, 0) is 119 Å². The number of hydrogen-bond donors (Lipinski definition) is 7. The topological polar surface area (TPSA) is 347 Å². The van der Waals surface area contributed by atoms with E-state index in [1.807, 2.05) is 165 Å². The first-order valence-corrected chi connectivity index (χ1v) is 40.5. The SMILES string of the molecule is CN(C)CC(=O)Nc1ccc2c(=O)[nH]c3c(c2c1)Cc1ccccc1-3.Nc1ccc2c(=O)[nH]c3c(c2c1)Cc1ccccc1-3.O=C1c2ccccc2-c2[nH]c(=O)c3ccc(Br)cc3c21.O=C1c2ccccc2-c2[nH]c(=O)c3ccc([N+](=O)[O-])cc3c21.O=C1c2ccccc2-c2[nH]c(=O)c3ccccc3c21.O=C1c2ccccc2-c2nc(Cl)c3ccccc3c21. The Hall–Kier alpha value is -15.8. The molecule has 1 amide bonds. The normalized spacial score (nSPS) is 12.4. The lowest BCUT2D eigenvalue weighted by Gasteiger charge is -2.12. The number of nitro groups is 1. The van der Waals surface area contributed by atoms with Crippen molar-refractivity contribution in [3.8, 4) is 67.5 Å². The van der Waals surface area contributed by atoms with E-state index in [0.717, 1.165) is 89.0 Å². The molecular formula is C100H64BrClN10O12. The van der Waals surface area contributed by atoms with E-state index >= 15 is 0 Å². The lowest BCUT2D eigenvalue weighted by molar-refractivity contribution is -0.384. The van der Waals surface area contributed by atoms with Crippen molar-refractivity contribution in [2.45, 2.75) is 12.8 Å². The summed E-state index contributed by atoms with van der Waals surface area (Å²) in [6.45, 7) is 0.316. The number of nitrogen functional groups attached to an aromatic ring is 1. The Morgan fingerprint density at radius 1 is 0.395 bits per heavy atom. The molecule has 0 unspecified atom stereocenters. The molecule has 18 aromatic rings. The molecule has 6 heterocycles. The van der Waals surface area contributed by atoms with E-state index in [2.05, 4.69) is 69.3 Å². The van der Waals surface area contributed by atoms with Crippen molar-refractivity contribution < 1.29 is 28.9 Å². The summed E-state index contributed by atoms with van der Waals surface area (Å²) in [4.78, 5) is 154. The second-order valence-electron chi connectivity index (χ2n) is 30.6. The quantitative estimate of drug-likeness (QED) is 0.0373. The van der Waals surface area contributed by atoms with Crippen molar-refractivity contribution in [1.29, 1.82) is 0 Å². The summed E-state index contributed by atoms with van der Waals surface area (Å²) in [7, 11) is 3.70. The zero-order chi connectivity index (χ0) is 85.8. The number of non-ortho nitro benzene ring substituents is 1. The number of amides is 1. The fraction of sp³-hybridized carbons (Fsp3) is 0.0500. The Balaban J connectivity index is 0.0000000978. The highest BCUT2D eigenvalue weighted by molar-refractivity contribution is 9.10. The van der Waals surface area contributed by atoms with E-state index in [-0.39, 0.29) is 67.9 Å².